The number of hydrogen-bond donors (Lipinski definition) is 0. The highest BCUT2D eigenvalue weighted by Gasteiger charge is 2.07. The van der Waals surface area contributed by atoms with Crippen LogP contribution in [-0.4, -0.2) is 0 Å². The maximum Gasteiger partial charge on any atom is -0.0145 e. The smallest absolute Gasteiger partial charge is 0.0145 e. The Kier molecular flexibility index (Phi) is 2.59. The molecule has 0 atom stereocenters. The lowest BCUT2D eigenvalue weighted by Crippen LogP contribution is -1.93. The fourth-order valence-electron chi connectivity index (χ4n) is 3.02. The van der Waals surface area contributed by atoms with Crippen molar-refractivity contribution in [3.8, 4) is 0 Å². The van der Waals surface area contributed by atoms with Crippen molar-refractivity contribution in [3.05, 3.63) is 59.2 Å². The second kappa shape index (κ2) is 4.13. The van der Waals surface area contributed by atoms with Crippen LogP contribution >= 0.6 is 0 Å². The number of hydrogen-bond acceptors (Lipinski definition) is 0. The summed E-state index contributed by atoms with van der Waals surface area (Å²) in [4.78, 5) is 0. The summed E-state index contributed by atoms with van der Waals surface area (Å²) in [6, 6.07) is 15.6. The van der Waals surface area contributed by atoms with Gasteiger partial charge in [0.25, 0.3) is 0 Å². The highest BCUT2D eigenvalue weighted by molar-refractivity contribution is 6.00. The van der Waals surface area contributed by atoms with E-state index in [2.05, 4.69) is 63.2 Å². The van der Waals surface area contributed by atoms with Gasteiger partial charge in [-0.1, -0.05) is 37.3 Å². The summed E-state index contributed by atoms with van der Waals surface area (Å²) in [7, 11) is 0. The molecule has 0 fully saturated rings. The first kappa shape index (κ1) is 11.3. The molecule has 0 amide bonds. The molecule has 3 rings (SSSR count). The minimum absolute atomic E-state index is 1.11. The van der Waals surface area contributed by atoms with Crippen molar-refractivity contribution in [1.29, 1.82) is 0 Å². The van der Waals surface area contributed by atoms with Crippen molar-refractivity contribution in [1.82, 2.24) is 0 Å². The standard InChI is InChI=1S/C18H18/c1-4-17-12(2)9-16-10-14-7-5-6-8-15(14)11-18(16)13(17)3/h5-11H,4H2,1-3H3. The largest absolute Gasteiger partial charge is 0.0616 e. The molecule has 0 nitrogen and oxygen atoms in total. The monoisotopic (exact) mass is 234 g/mol. The van der Waals surface area contributed by atoms with Crippen LogP contribution in [0.5, 0.6) is 0 Å². The van der Waals surface area contributed by atoms with E-state index >= 15 is 0 Å². The third-order valence-electron chi connectivity index (χ3n) is 3.98. The highest BCUT2D eigenvalue weighted by Crippen LogP contribution is 2.29. The third-order valence-corrected chi connectivity index (χ3v) is 3.98. The molecular formula is C18H18. The minimum Gasteiger partial charge on any atom is -0.0616 e. The third kappa shape index (κ3) is 1.60. The van der Waals surface area contributed by atoms with Crippen molar-refractivity contribution in [2.75, 3.05) is 0 Å². The molecular weight excluding hydrogens is 216 g/mol. The summed E-state index contributed by atoms with van der Waals surface area (Å²) in [5, 5.41) is 5.42. The van der Waals surface area contributed by atoms with Gasteiger partial charge in [-0.25, -0.2) is 0 Å². The molecule has 0 aliphatic heterocycles. The zero-order chi connectivity index (χ0) is 12.7. The number of rotatable bonds is 1. The first-order valence-electron chi connectivity index (χ1n) is 6.62. The van der Waals surface area contributed by atoms with Gasteiger partial charge in [0.1, 0.15) is 0 Å². The summed E-state index contributed by atoms with van der Waals surface area (Å²) < 4.78 is 0. The number of fused-ring (bicyclic) bond motifs is 2. The molecule has 0 unspecified atom stereocenters. The summed E-state index contributed by atoms with van der Waals surface area (Å²) in [6.07, 6.45) is 1.11. The average Bonchev–Trinajstić information content (AvgIpc) is 2.37. The quantitative estimate of drug-likeness (QED) is 0.509. The van der Waals surface area contributed by atoms with Gasteiger partial charge in [0.15, 0.2) is 0 Å². The van der Waals surface area contributed by atoms with Gasteiger partial charge in [0, 0.05) is 0 Å². The fraction of sp³-hybridized carbons (Fsp3) is 0.222. The lowest BCUT2D eigenvalue weighted by atomic mass is 9.92. The van der Waals surface area contributed by atoms with Crippen LogP contribution in [0.25, 0.3) is 21.5 Å². The molecule has 90 valence electrons. The molecule has 18 heavy (non-hydrogen) atoms. The Morgan fingerprint density at radius 2 is 1.50 bits per heavy atom. The maximum absolute atomic E-state index is 2.33. The van der Waals surface area contributed by atoms with Crippen LogP contribution in [0.3, 0.4) is 0 Å². The van der Waals surface area contributed by atoms with E-state index in [0.29, 0.717) is 0 Å². The molecule has 0 heterocycles. The van der Waals surface area contributed by atoms with Crippen molar-refractivity contribution in [2.45, 2.75) is 27.2 Å². The van der Waals surface area contributed by atoms with E-state index in [1.807, 2.05) is 0 Å². The van der Waals surface area contributed by atoms with E-state index in [1.54, 1.807) is 0 Å². The number of aryl methyl sites for hydroxylation is 2. The first-order valence-corrected chi connectivity index (χ1v) is 6.62. The van der Waals surface area contributed by atoms with Gasteiger partial charge in [0.05, 0.1) is 0 Å². The van der Waals surface area contributed by atoms with E-state index in [0.717, 1.165) is 6.42 Å². The van der Waals surface area contributed by atoms with Gasteiger partial charge in [0.2, 0.25) is 0 Å². The molecule has 0 bridgehead atoms. The second-order valence-corrected chi connectivity index (χ2v) is 5.07. The van der Waals surface area contributed by atoms with Crippen molar-refractivity contribution in [2.24, 2.45) is 0 Å². The van der Waals surface area contributed by atoms with Gasteiger partial charge in [-0.15, -0.1) is 0 Å². The van der Waals surface area contributed by atoms with E-state index in [9.17, 15) is 0 Å². The van der Waals surface area contributed by atoms with Crippen LogP contribution in [-0.2, 0) is 6.42 Å². The zero-order valence-corrected chi connectivity index (χ0v) is 11.2. The van der Waals surface area contributed by atoms with Crippen LogP contribution in [0, 0.1) is 13.8 Å². The summed E-state index contributed by atoms with van der Waals surface area (Å²) in [5.74, 6) is 0. The maximum atomic E-state index is 2.33. The van der Waals surface area contributed by atoms with Crippen molar-refractivity contribution in [3.63, 3.8) is 0 Å². The van der Waals surface area contributed by atoms with Crippen LogP contribution in [0.4, 0.5) is 0 Å². The number of benzene rings is 3. The van der Waals surface area contributed by atoms with Crippen LogP contribution in [0.15, 0.2) is 42.5 Å². The molecule has 0 saturated carbocycles. The zero-order valence-electron chi connectivity index (χ0n) is 11.2. The van der Waals surface area contributed by atoms with Crippen LogP contribution in [0.1, 0.15) is 23.6 Å². The van der Waals surface area contributed by atoms with Gasteiger partial charge in [-0.3, -0.25) is 0 Å². The topological polar surface area (TPSA) is 0 Å². The summed E-state index contributed by atoms with van der Waals surface area (Å²) in [6.45, 7) is 6.71. The van der Waals surface area contributed by atoms with Crippen molar-refractivity contribution >= 4 is 21.5 Å². The molecule has 0 radical (unpaired) electrons. The van der Waals surface area contributed by atoms with Gasteiger partial charge in [-0.05, 0) is 70.6 Å². The van der Waals surface area contributed by atoms with Gasteiger partial charge in [-0.2, -0.15) is 0 Å². The Labute approximate surface area is 108 Å². The predicted octanol–water partition coefficient (Wildman–Crippen LogP) is 5.17. The summed E-state index contributed by atoms with van der Waals surface area (Å²) in [5.41, 5.74) is 4.36. The second-order valence-electron chi connectivity index (χ2n) is 5.07. The first-order chi connectivity index (χ1) is 8.70. The van der Waals surface area contributed by atoms with E-state index in [4.69, 9.17) is 0 Å². The molecule has 3 aromatic carbocycles. The molecule has 0 aliphatic rings. The Morgan fingerprint density at radius 3 is 2.17 bits per heavy atom. The van der Waals surface area contributed by atoms with Crippen LogP contribution in [0.2, 0.25) is 0 Å². The van der Waals surface area contributed by atoms with Gasteiger partial charge < -0.3 is 0 Å². The molecule has 0 spiro atoms. The Hall–Kier alpha value is -1.82. The van der Waals surface area contributed by atoms with Crippen molar-refractivity contribution < 1.29 is 0 Å². The normalized spacial score (nSPS) is 11.3. The molecule has 0 aliphatic carbocycles. The molecule has 0 heteroatoms. The Morgan fingerprint density at radius 1 is 0.833 bits per heavy atom. The minimum atomic E-state index is 1.11. The lowest BCUT2D eigenvalue weighted by molar-refractivity contribution is 1.09. The highest BCUT2D eigenvalue weighted by atomic mass is 14.1. The molecule has 0 aromatic heterocycles. The summed E-state index contributed by atoms with van der Waals surface area (Å²) >= 11 is 0. The molecule has 3 aromatic rings. The van der Waals surface area contributed by atoms with E-state index in [1.165, 1.54) is 38.2 Å². The Balaban J connectivity index is 2.47. The van der Waals surface area contributed by atoms with Gasteiger partial charge >= 0.3 is 0 Å². The lowest BCUT2D eigenvalue weighted by Gasteiger charge is -2.12. The molecule has 0 N–H and O–H groups in total. The van der Waals surface area contributed by atoms with E-state index < -0.39 is 0 Å². The van der Waals surface area contributed by atoms with Crippen LogP contribution < -0.4 is 0 Å². The SMILES string of the molecule is CCc1c(C)cc2cc3ccccc3cc2c1C. The predicted molar refractivity (Wildman–Crippen MR) is 80.3 cm³/mol. The van der Waals surface area contributed by atoms with E-state index in [-0.39, 0.29) is 0 Å². The fourth-order valence-corrected chi connectivity index (χ4v) is 3.02. The Bertz CT molecular complexity index is 736. The average molecular weight is 234 g/mol. The molecule has 0 saturated heterocycles.